The van der Waals surface area contributed by atoms with Gasteiger partial charge in [-0.2, -0.15) is 4.98 Å². The van der Waals surface area contributed by atoms with Crippen molar-refractivity contribution in [3.63, 3.8) is 0 Å². The molecule has 0 saturated heterocycles. The standard InChI is InChI=1S/C13H14FN3O2/c14-8-4-5-11(18-9-2-1-3-9)10(6-8)13-16-12(7-15)19-17-13/h4-6,9H,1-3,7,15H2. The van der Waals surface area contributed by atoms with Gasteiger partial charge in [-0.3, -0.25) is 0 Å². The molecule has 0 atom stereocenters. The summed E-state index contributed by atoms with van der Waals surface area (Å²) in [5, 5.41) is 3.80. The first-order chi connectivity index (χ1) is 9.26. The molecule has 19 heavy (non-hydrogen) atoms. The van der Waals surface area contributed by atoms with Crippen molar-refractivity contribution in [2.45, 2.75) is 31.9 Å². The van der Waals surface area contributed by atoms with E-state index in [0.29, 0.717) is 23.0 Å². The summed E-state index contributed by atoms with van der Waals surface area (Å²) < 4.78 is 24.1. The van der Waals surface area contributed by atoms with Crippen molar-refractivity contribution >= 4 is 0 Å². The average molecular weight is 263 g/mol. The third-order valence-electron chi connectivity index (χ3n) is 3.17. The van der Waals surface area contributed by atoms with Crippen LogP contribution in [0.5, 0.6) is 5.75 Å². The first kappa shape index (κ1) is 12.1. The van der Waals surface area contributed by atoms with Crippen LogP contribution in [0, 0.1) is 5.82 Å². The normalized spacial score (nSPS) is 15.3. The Balaban J connectivity index is 1.94. The molecule has 1 aromatic heterocycles. The summed E-state index contributed by atoms with van der Waals surface area (Å²) in [5.41, 5.74) is 5.91. The van der Waals surface area contributed by atoms with Gasteiger partial charge in [-0.25, -0.2) is 4.39 Å². The van der Waals surface area contributed by atoms with Gasteiger partial charge in [0.15, 0.2) is 0 Å². The number of nitrogens with two attached hydrogens (primary N) is 1. The number of ether oxygens (including phenoxy) is 1. The van der Waals surface area contributed by atoms with Gasteiger partial charge in [-0.15, -0.1) is 0 Å². The lowest BCUT2D eigenvalue weighted by molar-refractivity contribution is 0.121. The van der Waals surface area contributed by atoms with E-state index in [4.69, 9.17) is 15.0 Å². The van der Waals surface area contributed by atoms with Crippen molar-refractivity contribution < 1.29 is 13.7 Å². The lowest BCUT2D eigenvalue weighted by Crippen LogP contribution is -2.24. The van der Waals surface area contributed by atoms with E-state index in [9.17, 15) is 4.39 Å². The van der Waals surface area contributed by atoms with E-state index in [0.717, 1.165) is 12.8 Å². The molecule has 0 bridgehead atoms. The smallest absolute Gasteiger partial charge is 0.240 e. The molecule has 100 valence electrons. The Hall–Kier alpha value is -1.95. The van der Waals surface area contributed by atoms with E-state index in [1.165, 1.54) is 18.6 Å². The monoisotopic (exact) mass is 263 g/mol. The van der Waals surface area contributed by atoms with Crippen LogP contribution < -0.4 is 10.5 Å². The maximum absolute atomic E-state index is 13.4. The molecule has 1 saturated carbocycles. The first-order valence-electron chi connectivity index (χ1n) is 6.25. The van der Waals surface area contributed by atoms with Gasteiger partial charge in [0.1, 0.15) is 11.6 Å². The van der Waals surface area contributed by atoms with Gasteiger partial charge in [0.05, 0.1) is 18.2 Å². The second-order valence-corrected chi connectivity index (χ2v) is 4.53. The predicted octanol–water partition coefficient (Wildman–Crippen LogP) is 2.27. The Morgan fingerprint density at radius 2 is 2.26 bits per heavy atom. The number of halogens is 1. The molecule has 6 heteroatoms. The highest BCUT2D eigenvalue weighted by atomic mass is 19.1. The molecule has 3 rings (SSSR count). The molecular weight excluding hydrogens is 249 g/mol. The van der Waals surface area contributed by atoms with Gasteiger partial charge in [-0.1, -0.05) is 5.16 Å². The van der Waals surface area contributed by atoms with Gasteiger partial charge in [0.25, 0.3) is 0 Å². The minimum atomic E-state index is -0.366. The fraction of sp³-hybridized carbons (Fsp3) is 0.385. The number of hydrogen-bond donors (Lipinski definition) is 1. The highest BCUT2D eigenvalue weighted by molar-refractivity contribution is 5.63. The van der Waals surface area contributed by atoms with Crippen molar-refractivity contribution in [3.8, 4) is 17.1 Å². The number of hydrogen-bond acceptors (Lipinski definition) is 5. The number of nitrogens with zero attached hydrogens (tertiary/aromatic N) is 2. The van der Waals surface area contributed by atoms with Crippen LogP contribution in [0.15, 0.2) is 22.7 Å². The molecule has 1 heterocycles. The Morgan fingerprint density at radius 1 is 1.42 bits per heavy atom. The molecule has 0 amide bonds. The Labute approximate surface area is 109 Å². The zero-order chi connectivity index (χ0) is 13.2. The molecule has 1 fully saturated rings. The predicted molar refractivity (Wildman–Crippen MR) is 65.9 cm³/mol. The molecule has 1 aromatic carbocycles. The molecular formula is C13H14FN3O2. The van der Waals surface area contributed by atoms with Crippen LogP contribution in [0.4, 0.5) is 4.39 Å². The minimum absolute atomic E-state index is 0.154. The molecule has 2 aromatic rings. The Morgan fingerprint density at radius 3 is 2.89 bits per heavy atom. The fourth-order valence-electron chi connectivity index (χ4n) is 1.90. The Kier molecular flexibility index (Phi) is 3.16. The summed E-state index contributed by atoms with van der Waals surface area (Å²) in [4.78, 5) is 4.10. The van der Waals surface area contributed by atoms with Gasteiger partial charge < -0.3 is 15.0 Å². The molecule has 2 N–H and O–H groups in total. The maximum Gasteiger partial charge on any atom is 0.240 e. The second kappa shape index (κ2) is 4.97. The zero-order valence-electron chi connectivity index (χ0n) is 10.3. The molecule has 0 unspecified atom stereocenters. The highest BCUT2D eigenvalue weighted by Crippen LogP contribution is 2.33. The quantitative estimate of drug-likeness (QED) is 0.915. The SMILES string of the molecule is NCc1nc(-c2cc(F)ccc2OC2CCC2)no1. The van der Waals surface area contributed by atoms with Crippen molar-refractivity contribution in [2.24, 2.45) is 5.73 Å². The summed E-state index contributed by atoms with van der Waals surface area (Å²) in [6.45, 7) is 0.154. The largest absolute Gasteiger partial charge is 0.490 e. The minimum Gasteiger partial charge on any atom is -0.490 e. The van der Waals surface area contributed by atoms with E-state index < -0.39 is 0 Å². The van der Waals surface area contributed by atoms with Gasteiger partial charge in [0, 0.05) is 0 Å². The van der Waals surface area contributed by atoms with Crippen LogP contribution in [0.25, 0.3) is 11.4 Å². The van der Waals surface area contributed by atoms with Crippen LogP contribution in [0.2, 0.25) is 0 Å². The third-order valence-corrected chi connectivity index (χ3v) is 3.17. The van der Waals surface area contributed by atoms with Crippen LogP contribution in [0.3, 0.4) is 0 Å². The zero-order valence-corrected chi connectivity index (χ0v) is 10.3. The molecule has 1 aliphatic rings. The van der Waals surface area contributed by atoms with E-state index in [-0.39, 0.29) is 18.5 Å². The van der Waals surface area contributed by atoms with Crippen molar-refractivity contribution in [3.05, 3.63) is 29.9 Å². The molecule has 5 nitrogen and oxygen atoms in total. The molecule has 0 radical (unpaired) electrons. The Bertz CT molecular complexity index is 581. The van der Waals surface area contributed by atoms with Gasteiger partial charge in [0.2, 0.25) is 11.7 Å². The van der Waals surface area contributed by atoms with Crippen LogP contribution in [0.1, 0.15) is 25.2 Å². The van der Waals surface area contributed by atoms with Crippen molar-refractivity contribution in [1.82, 2.24) is 10.1 Å². The first-order valence-corrected chi connectivity index (χ1v) is 6.25. The van der Waals surface area contributed by atoms with E-state index in [1.807, 2.05) is 0 Å². The molecule has 0 aliphatic heterocycles. The number of rotatable bonds is 4. The van der Waals surface area contributed by atoms with Crippen LogP contribution in [-0.2, 0) is 6.54 Å². The summed E-state index contributed by atoms with van der Waals surface area (Å²) in [7, 11) is 0. The van der Waals surface area contributed by atoms with Crippen molar-refractivity contribution in [1.29, 1.82) is 0 Å². The number of aromatic nitrogens is 2. The van der Waals surface area contributed by atoms with Crippen LogP contribution in [-0.4, -0.2) is 16.2 Å². The van der Waals surface area contributed by atoms with E-state index in [1.54, 1.807) is 6.07 Å². The lowest BCUT2D eigenvalue weighted by atomic mass is 9.96. The van der Waals surface area contributed by atoms with E-state index >= 15 is 0 Å². The molecule has 1 aliphatic carbocycles. The van der Waals surface area contributed by atoms with Gasteiger partial charge >= 0.3 is 0 Å². The van der Waals surface area contributed by atoms with E-state index in [2.05, 4.69) is 10.1 Å². The summed E-state index contributed by atoms with van der Waals surface area (Å²) >= 11 is 0. The number of benzene rings is 1. The summed E-state index contributed by atoms with van der Waals surface area (Å²) in [6, 6.07) is 4.31. The summed E-state index contributed by atoms with van der Waals surface area (Å²) in [5.74, 6) is 0.827. The average Bonchev–Trinajstić information content (AvgIpc) is 2.83. The van der Waals surface area contributed by atoms with Crippen LogP contribution >= 0.6 is 0 Å². The second-order valence-electron chi connectivity index (χ2n) is 4.53. The van der Waals surface area contributed by atoms with Crippen molar-refractivity contribution in [2.75, 3.05) is 0 Å². The topological polar surface area (TPSA) is 74.2 Å². The lowest BCUT2D eigenvalue weighted by Gasteiger charge is -2.27. The maximum atomic E-state index is 13.4. The highest BCUT2D eigenvalue weighted by Gasteiger charge is 2.22. The fourth-order valence-corrected chi connectivity index (χ4v) is 1.90. The third kappa shape index (κ3) is 2.44. The molecule has 0 spiro atoms. The summed E-state index contributed by atoms with van der Waals surface area (Å²) in [6.07, 6.45) is 3.42. The van der Waals surface area contributed by atoms with Gasteiger partial charge in [-0.05, 0) is 37.5 Å².